The minimum Gasteiger partial charge on any atom is -0.397 e. The third-order valence-electron chi connectivity index (χ3n) is 3.36. The second kappa shape index (κ2) is 5.36. The van der Waals surface area contributed by atoms with E-state index in [-0.39, 0.29) is 23.3 Å². The van der Waals surface area contributed by atoms with Crippen molar-refractivity contribution in [2.75, 3.05) is 17.2 Å². The van der Waals surface area contributed by atoms with Crippen LogP contribution >= 0.6 is 31.9 Å². The molecule has 9 heteroatoms. The second-order valence-corrected chi connectivity index (χ2v) is 8.91. The first kappa shape index (κ1) is 15.0. The van der Waals surface area contributed by atoms with Crippen LogP contribution in [0.2, 0.25) is 0 Å². The molecular weight excluding hydrogens is 426 g/mol. The third-order valence-corrected chi connectivity index (χ3v) is 6.25. The number of anilines is 1. The summed E-state index contributed by atoms with van der Waals surface area (Å²) in [5.41, 5.74) is 7.10. The Labute approximate surface area is 138 Å². The maximum Gasteiger partial charge on any atom is 0.260 e. The number of rotatable bonds is 2. The molecule has 2 aromatic rings. The van der Waals surface area contributed by atoms with E-state index in [0.29, 0.717) is 23.5 Å². The maximum atomic E-state index is 11.5. The molecule has 3 rings (SSSR count). The van der Waals surface area contributed by atoms with Gasteiger partial charge in [0.1, 0.15) is 0 Å². The molecule has 6 nitrogen and oxygen atoms in total. The van der Waals surface area contributed by atoms with Crippen molar-refractivity contribution in [2.24, 2.45) is 0 Å². The minimum absolute atomic E-state index is 0.0730. The number of nitrogen functional groups attached to an aromatic ring is 1. The standard InChI is InChI=1S/C12H11Br2N3O3S/c13-7-3-8(10(15)9(14)4-7)12-16-11(17-20-12)6-1-2-21(18,19)5-6/h3-4,6H,1-2,5,15H2. The summed E-state index contributed by atoms with van der Waals surface area (Å²) in [6.45, 7) is 0. The summed E-state index contributed by atoms with van der Waals surface area (Å²) in [6, 6.07) is 3.60. The highest BCUT2D eigenvalue weighted by atomic mass is 79.9. The van der Waals surface area contributed by atoms with Crippen molar-refractivity contribution in [1.29, 1.82) is 0 Å². The number of nitrogens with zero attached hydrogens (tertiary/aromatic N) is 2. The monoisotopic (exact) mass is 435 g/mol. The van der Waals surface area contributed by atoms with Gasteiger partial charge in [0, 0.05) is 14.9 Å². The minimum atomic E-state index is -2.98. The van der Waals surface area contributed by atoms with Gasteiger partial charge in [-0.3, -0.25) is 0 Å². The number of aromatic nitrogens is 2. The average Bonchev–Trinajstić information content (AvgIpc) is 3.00. The van der Waals surface area contributed by atoms with Gasteiger partial charge in [0.15, 0.2) is 15.7 Å². The summed E-state index contributed by atoms with van der Waals surface area (Å²) in [5.74, 6) is 0.745. The van der Waals surface area contributed by atoms with Gasteiger partial charge in [-0.25, -0.2) is 8.42 Å². The predicted molar refractivity (Wildman–Crippen MR) is 85.6 cm³/mol. The Hall–Kier alpha value is -0.930. The van der Waals surface area contributed by atoms with Crippen molar-refractivity contribution in [1.82, 2.24) is 10.1 Å². The fourth-order valence-corrected chi connectivity index (χ4v) is 5.23. The molecule has 1 aromatic carbocycles. The van der Waals surface area contributed by atoms with Gasteiger partial charge in [-0.05, 0) is 34.5 Å². The lowest BCUT2D eigenvalue weighted by Gasteiger charge is -2.04. The number of benzene rings is 1. The molecular formula is C12H11Br2N3O3S. The highest BCUT2D eigenvalue weighted by Crippen LogP contribution is 2.35. The van der Waals surface area contributed by atoms with Gasteiger partial charge < -0.3 is 10.3 Å². The highest BCUT2D eigenvalue weighted by Gasteiger charge is 2.32. The molecule has 1 aliphatic heterocycles. The molecule has 0 bridgehead atoms. The Morgan fingerprint density at radius 1 is 1.33 bits per heavy atom. The number of halogens is 2. The molecule has 0 amide bonds. The number of nitrogens with two attached hydrogens (primary N) is 1. The summed E-state index contributed by atoms with van der Waals surface area (Å²) in [7, 11) is -2.98. The first-order valence-corrected chi connectivity index (χ1v) is 9.55. The molecule has 2 heterocycles. The number of hydrogen-bond donors (Lipinski definition) is 1. The fourth-order valence-electron chi connectivity index (χ4n) is 2.27. The molecule has 0 radical (unpaired) electrons. The largest absolute Gasteiger partial charge is 0.397 e. The van der Waals surface area contributed by atoms with Crippen LogP contribution in [-0.4, -0.2) is 30.1 Å². The van der Waals surface area contributed by atoms with E-state index in [1.165, 1.54) is 0 Å². The van der Waals surface area contributed by atoms with Crippen LogP contribution in [0.5, 0.6) is 0 Å². The fraction of sp³-hybridized carbons (Fsp3) is 0.333. The van der Waals surface area contributed by atoms with E-state index in [2.05, 4.69) is 42.0 Å². The predicted octanol–water partition coefficient (Wildman–Crippen LogP) is 2.75. The van der Waals surface area contributed by atoms with Crippen LogP contribution in [-0.2, 0) is 9.84 Å². The van der Waals surface area contributed by atoms with Crippen molar-refractivity contribution in [2.45, 2.75) is 12.3 Å². The van der Waals surface area contributed by atoms with Crippen molar-refractivity contribution in [3.63, 3.8) is 0 Å². The molecule has 1 unspecified atom stereocenters. The topological polar surface area (TPSA) is 99.1 Å². The Morgan fingerprint density at radius 3 is 2.76 bits per heavy atom. The zero-order valence-electron chi connectivity index (χ0n) is 10.7. The molecule has 2 N–H and O–H groups in total. The normalized spacial score (nSPS) is 20.8. The lowest BCUT2D eigenvalue weighted by molar-refractivity contribution is 0.418. The van der Waals surface area contributed by atoms with Crippen LogP contribution in [0.4, 0.5) is 5.69 Å². The van der Waals surface area contributed by atoms with Crippen molar-refractivity contribution in [3.8, 4) is 11.5 Å². The molecule has 1 atom stereocenters. The maximum absolute atomic E-state index is 11.5. The molecule has 1 fully saturated rings. The molecule has 0 aliphatic carbocycles. The molecule has 0 saturated carbocycles. The van der Waals surface area contributed by atoms with Gasteiger partial charge in [-0.1, -0.05) is 21.1 Å². The first-order valence-electron chi connectivity index (χ1n) is 6.14. The molecule has 0 spiro atoms. The molecule has 1 saturated heterocycles. The van der Waals surface area contributed by atoms with Crippen LogP contribution in [0.15, 0.2) is 25.6 Å². The van der Waals surface area contributed by atoms with E-state index in [1.54, 1.807) is 6.07 Å². The van der Waals surface area contributed by atoms with E-state index in [0.717, 1.165) is 8.95 Å². The summed E-state index contributed by atoms with van der Waals surface area (Å²) in [4.78, 5) is 4.31. The van der Waals surface area contributed by atoms with E-state index in [4.69, 9.17) is 10.3 Å². The van der Waals surface area contributed by atoms with Gasteiger partial charge >= 0.3 is 0 Å². The van der Waals surface area contributed by atoms with Gasteiger partial charge in [-0.2, -0.15) is 4.98 Å². The summed E-state index contributed by atoms with van der Waals surface area (Å²) in [5, 5.41) is 3.90. The Bertz CT molecular complexity index is 804. The van der Waals surface area contributed by atoms with Gasteiger partial charge in [-0.15, -0.1) is 0 Å². The van der Waals surface area contributed by atoms with Crippen LogP contribution in [0.25, 0.3) is 11.5 Å². The summed E-state index contributed by atoms with van der Waals surface area (Å²) in [6.07, 6.45) is 0.527. The highest BCUT2D eigenvalue weighted by molar-refractivity contribution is 9.11. The van der Waals surface area contributed by atoms with E-state index in [9.17, 15) is 8.42 Å². The van der Waals surface area contributed by atoms with Crippen LogP contribution in [0.3, 0.4) is 0 Å². The molecule has 21 heavy (non-hydrogen) atoms. The first-order chi connectivity index (χ1) is 9.85. The molecule has 112 valence electrons. The quantitative estimate of drug-likeness (QED) is 0.726. The zero-order valence-corrected chi connectivity index (χ0v) is 14.7. The SMILES string of the molecule is Nc1c(Br)cc(Br)cc1-c1nc(C2CCS(=O)(=O)C2)no1. The van der Waals surface area contributed by atoms with Crippen LogP contribution in [0, 0.1) is 0 Å². The van der Waals surface area contributed by atoms with Crippen molar-refractivity contribution in [3.05, 3.63) is 26.9 Å². The molecule has 1 aromatic heterocycles. The Balaban J connectivity index is 1.96. The van der Waals surface area contributed by atoms with E-state index < -0.39 is 9.84 Å². The Morgan fingerprint density at radius 2 is 2.10 bits per heavy atom. The van der Waals surface area contributed by atoms with E-state index >= 15 is 0 Å². The number of hydrogen-bond acceptors (Lipinski definition) is 6. The molecule has 1 aliphatic rings. The van der Waals surface area contributed by atoms with Crippen LogP contribution < -0.4 is 5.73 Å². The second-order valence-electron chi connectivity index (χ2n) is 4.91. The number of sulfone groups is 1. The van der Waals surface area contributed by atoms with Gasteiger partial charge in [0.05, 0.1) is 22.8 Å². The van der Waals surface area contributed by atoms with Crippen LogP contribution in [0.1, 0.15) is 18.2 Å². The third kappa shape index (κ3) is 3.00. The summed E-state index contributed by atoms with van der Waals surface area (Å²) >= 11 is 6.74. The Kier molecular flexibility index (Phi) is 3.83. The smallest absolute Gasteiger partial charge is 0.260 e. The van der Waals surface area contributed by atoms with Gasteiger partial charge in [0.25, 0.3) is 5.89 Å². The lowest BCUT2D eigenvalue weighted by Crippen LogP contribution is -2.05. The van der Waals surface area contributed by atoms with Crippen molar-refractivity contribution < 1.29 is 12.9 Å². The van der Waals surface area contributed by atoms with Gasteiger partial charge in [0.2, 0.25) is 0 Å². The summed E-state index contributed by atoms with van der Waals surface area (Å²) < 4.78 is 29.8. The lowest BCUT2D eigenvalue weighted by atomic mass is 10.1. The van der Waals surface area contributed by atoms with E-state index in [1.807, 2.05) is 6.07 Å². The zero-order chi connectivity index (χ0) is 15.2. The van der Waals surface area contributed by atoms with Crippen molar-refractivity contribution >= 4 is 47.4 Å². The average molecular weight is 437 g/mol.